The Hall–Kier alpha value is -1.31. The minimum Gasteiger partial charge on any atom is -0.358 e. The third-order valence-corrected chi connectivity index (χ3v) is 3.26. The maximum absolute atomic E-state index is 9.05. The SMILES string of the molecule is CN(CC1CCNCC1)c1ncccc1C#N.Cl. The van der Waals surface area contributed by atoms with Crippen LogP contribution in [0.3, 0.4) is 0 Å². The molecule has 1 aliphatic rings. The van der Waals surface area contributed by atoms with Gasteiger partial charge in [0.25, 0.3) is 0 Å². The number of nitrogens with zero attached hydrogens (tertiary/aromatic N) is 3. The number of nitrogens with one attached hydrogen (secondary N) is 1. The molecule has 0 bridgehead atoms. The van der Waals surface area contributed by atoms with E-state index in [1.54, 1.807) is 12.3 Å². The normalized spacial score (nSPS) is 15.6. The second-order valence-corrected chi connectivity index (χ2v) is 4.56. The Balaban J connectivity index is 0.00000162. The summed E-state index contributed by atoms with van der Waals surface area (Å²) in [6, 6.07) is 5.82. The fourth-order valence-corrected chi connectivity index (χ4v) is 2.33. The molecule has 98 valence electrons. The molecule has 0 spiro atoms. The van der Waals surface area contributed by atoms with Crippen molar-refractivity contribution in [2.45, 2.75) is 12.8 Å². The van der Waals surface area contributed by atoms with Crippen LogP contribution in [-0.2, 0) is 0 Å². The number of rotatable bonds is 3. The second kappa shape index (κ2) is 7.20. The molecule has 0 radical (unpaired) electrons. The highest BCUT2D eigenvalue weighted by molar-refractivity contribution is 5.85. The zero-order chi connectivity index (χ0) is 12.1. The van der Waals surface area contributed by atoms with Gasteiger partial charge in [-0.1, -0.05) is 0 Å². The first kappa shape index (κ1) is 14.7. The minimum absolute atomic E-state index is 0. The average Bonchev–Trinajstić information content (AvgIpc) is 2.40. The van der Waals surface area contributed by atoms with E-state index < -0.39 is 0 Å². The van der Waals surface area contributed by atoms with E-state index in [0.29, 0.717) is 11.5 Å². The average molecular weight is 267 g/mol. The van der Waals surface area contributed by atoms with E-state index in [0.717, 1.165) is 25.5 Å². The molecular weight excluding hydrogens is 248 g/mol. The molecule has 1 saturated heterocycles. The van der Waals surface area contributed by atoms with E-state index in [4.69, 9.17) is 5.26 Å². The van der Waals surface area contributed by atoms with E-state index >= 15 is 0 Å². The molecule has 18 heavy (non-hydrogen) atoms. The summed E-state index contributed by atoms with van der Waals surface area (Å²) in [6.07, 6.45) is 4.16. The molecule has 1 N–H and O–H groups in total. The van der Waals surface area contributed by atoms with Gasteiger partial charge in [0.2, 0.25) is 0 Å². The zero-order valence-corrected chi connectivity index (χ0v) is 11.4. The monoisotopic (exact) mass is 266 g/mol. The van der Waals surface area contributed by atoms with Gasteiger partial charge < -0.3 is 10.2 Å². The molecule has 0 aromatic carbocycles. The first-order chi connectivity index (χ1) is 8.31. The highest BCUT2D eigenvalue weighted by Gasteiger charge is 2.17. The van der Waals surface area contributed by atoms with Gasteiger partial charge in [-0.15, -0.1) is 12.4 Å². The fourth-order valence-electron chi connectivity index (χ4n) is 2.33. The molecule has 0 aliphatic carbocycles. The van der Waals surface area contributed by atoms with E-state index in [1.807, 2.05) is 13.1 Å². The van der Waals surface area contributed by atoms with Gasteiger partial charge in [-0.2, -0.15) is 5.26 Å². The minimum atomic E-state index is 0. The summed E-state index contributed by atoms with van der Waals surface area (Å²) in [5.41, 5.74) is 0.656. The lowest BCUT2D eigenvalue weighted by Crippen LogP contribution is -2.35. The summed E-state index contributed by atoms with van der Waals surface area (Å²) in [5.74, 6) is 1.50. The Labute approximate surface area is 114 Å². The van der Waals surface area contributed by atoms with Crippen molar-refractivity contribution in [3.63, 3.8) is 0 Å². The van der Waals surface area contributed by atoms with Crippen molar-refractivity contribution in [2.24, 2.45) is 5.92 Å². The standard InChI is InChI=1S/C13H18N4.ClH/c1-17(10-11-4-7-15-8-5-11)13-12(9-14)3-2-6-16-13;/h2-3,6,11,15H,4-5,7-8,10H2,1H3;1H. The number of aromatic nitrogens is 1. The molecule has 1 aliphatic heterocycles. The number of anilines is 1. The van der Waals surface area contributed by atoms with Crippen LogP contribution in [0.15, 0.2) is 18.3 Å². The fraction of sp³-hybridized carbons (Fsp3) is 0.538. The van der Waals surface area contributed by atoms with Crippen LogP contribution in [-0.4, -0.2) is 31.7 Å². The van der Waals surface area contributed by atoms with Gasteiger partial charge in [0.15, 0.2) is 0 Å². The Bertz CT molecular complexity index is 410. The predicted molar refractivity (Wildman–Crippen MR) is 75.1 cm³/mol. The van der Waals surface area contributed by atoms with E-state index in [-0.39, 0.29) is 12.4 Å². The van der Waals surface area contributed by atoms with Crippen LogP contribution < -0.4 is 10.2 Å². The van der Waals surface area contributed by atoms with Crippen molar-refractivity contribution in [3.8, 4) is 6.07 Å². The van der Waals surface area contributed by atoms with Crippen molar-refractivity contribution in [1.82, 2.24) is 10.3 Å². The summed E-state index contributed by atoms with van der Waals surface area (Å²) in [4.78, 5) is 6.41. The van der Waals surface area contributed by atoms with Gasteiger partial charge in [0, 0.05) is 19.8 Å². The van der Waals surface area contributed by atoms with Crippen LogP contribution in [0.4, 0.5) is 5.82 Å². The first-order valence-corrected chi connectivity index (χ1v) is 6.08. The third kappa shape index (κ3) is 3.59. The molecule has 5 heteroatoms. The molecule has 1 aromatic heterocycles. The molecule has 0 unspecified atom stereocenters. The van der Waals surface area contributed by atoms with Gasteiger partial charge in [0.05, 0.1) is 5.56 Å². The highest BCUT2D eigenvalue weighted by Crippen LogP contribution is 2.19. The number of pyridine rings is 1. The Morgan fingerprint density at radius 3 is 2.89 bits per heavy atom. The predicted octanol–water partition coefficient (Wildman–Crippen LogP) is 1.81. The van der Waals surface area contributed by atoms with Gasteiger partial charge in [-0.05, 0) is 44.0 Å². The van der Waals surface area contributed by atoms with Crippen molar-refractivity contribution in [2.75, 3.05) is 31.6 Å². The topological polar surface area (TPSA) is 52.0 Å². The Morgan fingerprint density at radius 1 is 1.50 bits per heavy atom. The van der Waals surface area contributed by atoms with Crippen LogP contribution in [0.25, 0.3) is 0 Å². The molecular formula is C13H19ClN4. The molecule has 2 rings (SSSR count). The lowest BCUT2D eigenvalue weighted by molar-refractivity contribution is 0.377. The first-order valence-electron chi connectivity index (χ1n) is 6.08. The highest BCUT2D eigenvalue weighted by atomic mass is 35.5. The van der Waals surface area contributed by atoms with Crippen molar-refractivity contribution >= 4 is 18.2 Å². The van der Waals surface area contributed by atoms with Crippen LogP contribution in [0.5, 0.6) is 0 Å². The Kier molecular flexibility index (Phi) is 5.90. The number of piperidine rings is 1. The van der Waals surface area contributed by atoms with E-state index in [9.17, 15) is 0 Å². The molecule has 1 fully saturated rings. The van der Waals surface area contributed by atoms with Crippen molar-refractivity contribution in [1.29, 1.82) is 5.26 Å². The lowest BCUT2D eigenvalue weighted by Gasteiger charge is -2.28. The molecule has 1 aromatic rings. The van der Waals surface area contributed by atoms with Gasteiger partial charge in [-0.25, -0.2) is 4.98 Å². The molecule has 0 amide bonds. The van der Waals surface area contributed by atoms with Crippen molar-refractivity contribution in [3.05, 3.63) is 23.9 Å². The summed E-state index contributed by atoms with van der Waals surface area (Å²) < 4.78 is 0. The van der Waals surface area contributed by atoms with Crippen LogP contribution in [0, 0.1) is 17.2 Å². The summed E-state index contributed by atoms with van der Waals surface area (Å²) >= 11 is 0. The van der Waals surface area contributed by atoms with E-state index in [1.165, 1.54) is 12.8 Å². The maximum atomic E-state index is 9.05. The lowest BCUT2D eigenvalue weighted by atomic mass is 9.97. The van der Waals surface area contributed by atoms with Gasteiger partial charge >= 0.3 is 0 Å². The van der Waals surface area contributed by atoms with Gasteiger partial charge in [-0.3, -0.25) is 0 Å². The third-order valence-electron chi connectivity index (χ3n) is 3.26. The molecule has 0 saturated carbocycles. The zero-order valence-electron chi connectivity index (χ0n) is 10.6. The van der Waals surface area contributed by atoms with Crippen LogP contribution in [0.2, 0.25) is 0 Å². The molecule has 0 atom stereocenters. The number of halogens is 1. The second-order valence-electron chi connectivity index (χ2n) is 4.56. The van der Waals surface area contributed by atoms with Crippen molar-refractivity contribution < 1.29 is 0 Å². The summed E-state index contributed by atoms with van der Waals surface area (Å²) in [5, 5.41) is 12.4. The van der Waals surface area contributed by atoms with Crippen LogP contribution in [0.1, 0.15) is 18.4 Å². The smallest absolute Gasteiger partial charge is 0.146 e. The number of nitriles is 1. The summed E-state index contributed by atoms with van der Waals surface area (Å²) in [7, 11) is 2.02. The largest absolute Gasteiger partial charge is 0.358 e. The number of hydrogen-bond donors (Lipinski definition) is 1. The number of hydrogen-bond acceptors (Lipinski definition) is 4. The van der Waals surface area contributed by atoms with E-state index in [2.05, 4.69) is 21.3 Å². The maximum Gasteiger partial charge on any atom is 0.146 e. The molecule has 2 heterocycles. The quantitative estimate of drug-likeness (QED) is 0.907. The van der Waals surface area contributed by atoms with Crippen LogP contribution >= 0.6 is 12.4 Å². The molecule has 4 nitrogen and oxygen atoms in total. The van der Waals surface area contributed by atoms with Gasteiger partial charge in [0.1, 0.15) is 11.9 Å². The Morgan fingerprint density at radius 2 is 2.22 bits per heavy atom. The summed E-state index contributed by atoms with van der Waals surface area (Å²) in [6.45, 7) is 3.19.